The Morgan fingerprint density at radius 1 is 0.388 bits per heavy atom. The number of furan rings is 1. The van der Waals surface area contributed by atoms with E-state index in [1.54, 1.807) is 0 Å². The van der Waals surface area contributed by atoms with Crippen LogP contribution in [0.25, 0.3) is 99.8 Å². The number of pyridine rings is 2. The van der Waals surface area contributed by atoms with E-state index in [2.05, 4.69) is 91.0 Å². The van der Waals surface area contributed by atoms with Crippen LogP contribution in [0.2, 0.25) is 0 Å². The Kier molecular flexibility index (Phi) is 6.11. The van der Waals surface area contributed by atoms with Crippen molar-refractivity contribution in [2.45, 2.75) is 0 Å². The van der Waals surface area contributed by atoms with E-state index < -0.39 is 0 Å². The van der Waals surface area contributed by atoms with E-state index >= 15 is 0 Å². The zero-order valence-corrected chi connectivity index (χ0v) is 26.2. The zero-order chi connectivity index (χ0) is 32.3. The second-order valence-corrected chi connectivity index (χ2v) is 12.2. The van der Waals surface area contributed by atoms with Crippen LogP contribution >= 0.6 is 0 Å². The highest BCUT2D eigenvalue weighted by molar-refractivity contribution is 6.09. The van der Waals surface area contributed by atoms with Crippen molar-refractivity contribution in [3.05, 3.63) is 158 Å². The molecule has 0 radical (unpaired) electrons. The Labute approximate surface area is 281 Å². The lowest BCUT2D eigenvalue weighted by Crippen LogP contribution is -1.95. The van der Waals surface area contributed by atoms with Gasteiger partial charge in [0.1, 0.15) is 11.2 Å². The SMILES string of the molecule is c1ccc(-c2ccc3ccc4ccc(-c5ccc(-c6nc(-c7cccc8c7oc7ccccc78)nc7ccccc67)cc5)nc4c3n2)cc1. The molecule has 0 aliphatic carbocycles. The molecule has 10 aromatic rings. The van der Waals surface area contributed by atoms with Crippen molar-refractivity contribution in [3.63, 3.8) is 0 Å². The molecular weight excluding hydrogens is 601 g/mol. The van der Waals surface area contributed by atoms with Crippen LogP contribution in [0, 0.1) is 0 Å². The number of hydrogen-bond donors (Lipinski definition) is 0. The standard InChI is InChI=1S/C44H26N4O/c1-2-9-27(10-3-1)36-25-23-30-21-22-31-24-26-37(46-42(31)41(30)45-36)28-17-19-29(20-18-28)40-34-12-4-6-15-38(34)47-44(48-40)35-14-8-13-33-32-11-5-7-16-39(32)49-43(33)35/h1-26H. The van der Waals surface area contributed by atoms with Crippen molar-refractivity contribution in [1.29, 1.82) is 0 Å². The lowest BCUT2D eigenvalue weighted by Gasteiger charge is -2.11. The molecule has 0 aliphatic rings. The van der Waals surface area contributed by atoms with E-state index in [9.17, 15) is 0 Å². The number of aromatic nitrogens is 4. The molecule has 228 valence electrons. The average molecular weight is 627 g/mol. The smallest absolute Gasteiger partial charge is 0.164 e. The fraction of sp³-hybridized carbons (Fsp3) is 0. The molecule has 0 aliphatic heterocycles. The molecule has 4 aromatic heterocycles. The summed E-state index contributed by atoms with van der Waals surface area (Å²) >= 11 is 0. The Morgan fingerprint density at radius 3 is 1.73 bits per heavy atom. The minimum Gasteiger partial charge on any atom is -0.455 e. The van der Waals surface area contributed by atoms with Gasteiger partial charge in [-0.1, -0.05) is 127 Å². The first-order valence-electron chi connectivity index (χ1n) is 16.3. The molecule has 0 fully saturated rings. The third-order valence-electron chi connectivity index (χ3n) is 9.29. The van der Waals surface area contributed by atoms with Crippen molar-refractivity contribution in [2.75, 3.05) is 0 Å². The van der Waals surface area contributed by atoms with Crippen LogP contribution in [0.15, 0.2) is 162 Å². The first-order valence-corrected chi connectivity index (χ1v) is 16.3. The minimum atomic E-state index is 0.632. The van der Waals surface area contributed by atoms with Gasteiger partial charge < -0.3 is 4.42 Å². The van der Waals surface area contributed by atoms with Gasteiger partial charge in [0.15, 0.2) is 5.82 Å². The van der Waals surface area contributed by atoms with Gasteiger partial charge in [-0.25, -0.2) is 19.9 Å². The fourth-order valence-corrected chi connectivity index (χ4v) is 6.84. The summed E-state index contributed by atoms with van der Waals surface area (Å²) < 4.78 is 6.36. The maximum atomic E-state index is 6.36. The summed E-state index contributed by atoms with van der Waals surface area (Å²) in [4.78, 5) is 20.4. The summed E-state index contributed by atoms with van der Waals surface area (Å²) in [5.41, 5.74) is 11.0. The normalized spacial score (nSPS) is 11.7. The topological polar surface area (TPSA) is 64.7 Å². The van der Waals surface area contributed by atoms with Gasteiger partial charge in [0.2, 0.25) is 0 Å². The summed E-state index contributed by atoms with van der Waals surface area (Å²) in [5.74, 6) is 0.632. The number of rotatable bonds is 4. The molecule has 0 amide bonds. The summed E-state index contributed by atoms with van der Waals surface area (Å²) in [5, 5.41) is 5.25. The molecule has 10 rings (SSSR count). The molecule has 0 atom stereocenters. The molecule has 4 heterocycles. The van der Waals surface area contributed by atoms with Gasteiger partial charge in [-0.3, -0.25) is 0 Å². The predicted molar refractivity (Wildman–Crippen MR) is 199 cm³/mol. The van der Waals surface area contributed by atoms with Crippen molar-refractivity contribution in [2.24, 2.45) is 0 Å². The highest BCUT2D eigenvalue weighted by Crippen LogP contribution is 2.37. The maximum absolute atomic E-state index is 6.36. The van der Waals surface area contributed by atoms with Crippen LogP contribution in [0.3, 0.4) is 0 Å². The molecule has 0 N–H and O–H groups in total. The fourth-order valence-electron chi connectivity index (χ4n) is 6.84. The van der Waals surface area contributed by atoms with E-state index in [4.69, 9.17) is 24.4 Å². The van der Waals surface area contributed by atoms with Gasteiger partial charge in [0.25, 0.3) is 0 Å². The number of nitrogens with zero attached hydrogens (tertiary/aromatic N) is 4. The lowest BCUT2D eigenvalue weighted by atomic mass is 10.0. The van der Waals surface area contributed by atoms with Gasteiger partial charge in [-0.05, 0) is 30.3 Å². The van der Waals surface area contributed by atoms with Crippen LogP contribution in [-0.4, -0.2) is 19.9 Å². The highest BCUT2D eigenvalue weighted by atomic mass is 16.3. The van der Waals surface area contributed by atoms with E-state index in [1.807, 2.05) is 66.7 Å². The Balaban J connectivity index is 1.08. The van der Waals surface area contributed by atoms with Crippen LogP contribution < -0.4 is 0 Å². The highest BCUT2D eigenvalue weighted by Gasteiger charge is 2.17. The molecule has 49 heavy (non-hydrogen) atoms. The summed E-state index contributed by atoms with van der Waals surface area (Å²) in [6, 6.07) is 53.8. The first kappa shape index (κ1) is 27.4. The van der Waals surface area contributed by atoms with Gasteiger partial charge in [0.05, 0.1) is 39.2 Å². The molecule has 5 nitrogen and oxygen atoms in total. The van der Waals surface area contributed by atoms with Crippen LogP contribution in [0.5, 0.6) is 0 Å². The summed E-state index contributed by atoms with van der Waals surface area (Å²) in [7, 11) is 0. The summed E-state index contributed by atoms with van der Waals surface area (Å²) in [6.45, 7) is 0. The molecule has 0 bridgehead atoms. The van der Waals surface area contributed by atoms with Crippen LogP contribution in [-0.2, 0) is 0 Å². The molecule has 6 aromatic carbocycles. The van der Waals surface area contributed by atoms with E-state index in [1.165, 1.54) is 0 Å². The summed E-state index contributed by atoms with van der Waals surface area (Å²) in [6.07, 6.45) is 0. The number of para-hydroxylation sites is 3. The number of benzene rings is 6. The molecule has 0 saturated heterocycles. The monoisotopic (exact) mass is 626 g/mol. The van der Waals surface area contributed by atoms with Gasteiger partial charge in [-0.2, -0.15) is 0 Å². The van der Waals surface area contributed by atoms with Gasteiger partial charge in [0, 0.05) is 43.6 Å². The molecular formula is C44H26N4O. The first-order chi connectivity index (χ1) is 24.3. The Morgan fingerprint density at radius 2 is 0.980 bits per heavy atom. The van der Waals surface area contributed by atoms with Crippen molar-refractivity contribution in [1.82, 2.24) is 19.9 Å². The van der Waals surface area contributed by atoms with Crippen LogP contribution in [0.4, 0.5) is 0 Å². The molecule has 5 heteroatoms. The molecule has 0 unspecified atom stereocenters. The largest absolute Gasteiger partial charge is 0.455 e. The maximum Gasteiger partial charge on any atom is 0.164 e. The lowest BCUT2D eigenvalue weighted by molar-refractivity contribution is 0.669. The predicted octanol–water partition coefficient (Wildman–Crippen LogP) is 11.3. The third-order valence-corrected chi connectivity index (χ3v) is 9.29. The van der Waals surface area contributed by atoms with Crippen molar-refractivity contribution in [3.8, 4) is 45.2 Å². The van der Waals surface area contributed by atoms with Crippen molar-refractivity contribution < 1.29 is 4.42 Å². The second-order valence-electron chi connectivity index (χ2n) is 12.2. The van der Waals surface area contributed by atoms with Gasteiger partial charge >= 0.3 is 0 Å². The van der Waals surface area contributed by atoms with Gasteiger partial charge in [-0.15, -0.1) is 0 Å². The second kappa shape index (κ2) is 10.9. The Bertz CT molecular complexity index is 2880. The Hall–Kier alpha value is -6.72. The number of fused-ring (bicyclic) bond motifs is 7. The zero-order valence-electron chi connectivity index (χ0n) is 26.2. The van der Waals surface area contributed by atoms with E-state index in [-0.39, 0.29) is 0 Å². The molecule has 0 spiro atoms. The van der Waals surface area contributed by atoms with E-state index in [0.717, 1.165) is 94.0 Å². The third kappa shape index (κ3) is 4.55. The van der Waals surface area contributed by atoms with Crippen LogP contribution in [0.1, 0.15) is 0 Å². The van der Waals surface area contributed by atoms with E-state index in [0.29, 0.717) is 5.82 Å². The quantitative estimate of drug-likeness (QED) is 0.182. The minimum absolute atomic E-state index is 0.632. The van der Waals surface area contributed by atoms with Crippen molar-refractivity contribution >= 4 is 54.6 Å². The average Bonchev–Trinajstić information content (AvgIpc) is 3.56. The molecule has 0 saturated carbocycles. The number of hydrogen-bond acceptors (Lipinski definition) is 5.